The molecule has 1 aliphatic rings. The standard InChI is InChI=1S/C34H30ClN5O3/c1-39-15-17-40(18-16-39)26-12-10-24(11-13-26)36-21-29-27-14-9-23(20-31(27)38-34(29)43)32(41)22-5-4-6-25(19-22)37-33(42)28-7-2-3-8-30(28)35/h2-14,19-21,38,43H,15-18H2,1H3,(H,37,42). The maximum Gasteiger partial charge on any atom is 0.257 e. The van der Waals surface area contributed by atoms with Crippen LogP contribution in [0.15, 0.2) is 96.0 Å². The second-order valence-corrected chi connectivity index (χ2v) is 11.0. The molecule has 1 fully saturated rings. The Kier molecular flexibility index (Phi) is 7.96. The average Bonchev–Trinajstić information content (AvgIpc) is 3.34. The van der Waals surface area contributed by atoms with Gasteiger partial charge in [-0.25, -0.2) is 0 Å². The number of rotatable bonds is 7. The minimum atomic E-state index is -0.362. The quantitative estimate of drug-likeness (QED) is 0.148. The third kappa shape index (κ3) is 6.16. The van der Waals surface area contributed by atoms with E-state index in [1.165, 1.54) is 5.69 Å². The van der Waals surface area contributed by atoms with Crippen molar-refractivity contribution >= 4 is 57.5 Å². The van der Waals surface area contributed by atoms with E-state index >= 15 is 0 Å². The van der Waals surface area contributed by atoms with Crippen LogP contribution in [-0.2, 0) is 0 Å². The molecule has 3 N–H and O–H groups in total. The van der Waals surface area contributed by atoms with Crippen molar-refractivity contribution in [3.05, 3.63) is 118 Å². The van der Waals surface area contributed by atoms with Crippen molar-refractivity contribution in [3.63, 3.8) is 0 Å². The summed E-state index contributed by atoms with van der Waals surface area (Å²) in [6.45, 7) is 4.08. The summed E-state index contributed by atoms with van der Waals surface area (Å²) in [4.78, 5) is 38.3. The number of halogens is 1. The van der Waals surface area contributed by atoms with Crippen molar-refractivity contribution in [3.8, 4) is 5.88 Å². The SMILES string of the molecule is CN1CCN(c2ccc(N=Cc3c(O)[nH]c4cc(C(=O)c5cccc(NC(=O)c6ccccc6Cl)c5)ccc34)cc2)CC1. The number of ketones is 1. The number of anilines is 2. The molecule has 0 saturated carbocycles. The highest BCUT2D eigenvalue weighted by Crippen LogP contribution is 2.29. The number of hydrogen-bond donors (Lipinski definition) is 3. The summed E-state index contributed by atoms with van der Waals surface area (Å²) >= 11 is 6.15. The van der Waals surface area contributed by atoms with Gasteiger partial charge in [0.05, 0.1) is 21.8 Å². The number of nitrogens with zero attached hydrogens (tertiary/aromatic N) is 3. The Morgan fingerprint density at radius 1 is 0.907 bits per heavy atom. The van der Waals surface area contributed by atoms with E-state index in [-0.39, 0.29) is 17.6 Å². The van der Waals surface area contributed by atoms with Gasteiger partial charge in [-0.2, -0.15) is 0 Å². The monoisotopic (exact) mass is 591 g/mol. The highest BCUT2D eigenvalue weighted by atomic mass is 35.5. The van der Waals surface area contributed by atoms with Gasteiger partial charge in [0.25, 0.3) is 5.91 Å². The Morgan fingerprint density at radius 3 is 2.42 bits per heavy atom. The normalized spacial score (nSPS) is 14.0. The molecule has 1 aromatic heterocycles. The molecule has 8 nitrogen and oxygen atoms in total. The Balaban J connectivity index is 1.17. The van der Waals surface area contributed by atoms with Gasteiger partial charge in [-0.3, -0.25) is 14.6 Å². The number of carbonyl (C=O) groups is 2. The molecular formula is C34H30ClN5O3. The van der Waals surface area contributed by atoms with Gasteiger partial charge in [-0.1, -0.05) is 48.0 Å². The first-order valence-electron chi connectivity index (χ1n) is 14.0. The summed E-state index contributed by atoms with van der Waals surface area (Å²) in [5.41, 5.74) is 4.77. The topological polar surface area (TPSA) is 101 Å². The first-order chi connectivity index (χ1) is 20.9. The molecule has 1 saturated heterocycles. The van der Waals surface area contributed by atoms with E-state index in [2.05, 4.69) is 44.3 Å². The summed E-state index contributed by atoms with van der Waals surface area (Å²) in [5, 5.41) is 14.5. The van der Waals surface area contributed by atoms with Gasteiger partial charge in [0.1, 0.15) is 0 Å². The molecule has 216 valence electrons. The number of hydrogen-bond acceptors (Lipinski definition) is 6. The number of benzene rings is 4. The highest BCUT2D eigenvalue weighted by molar-refractivity contribution is 6.34. The lowest BCUT2D eigenvalue weighted by molar-refractivity contribution is 0.102. The maximum absolute atomic E-state index is 13.4. The Morgan fingerprint density at radius 2 is 1.65 bits per heavy atom. The molecule has 1 amide bonds. The summed E-state index contributed by atoms with van der Waals surface area (Å²) in [7, 11) is 2.14. The molecule has 0 spiro atoms. The van der Waals surface area contributed by atoms with Crippen LogP contribution in [0.3, 0.4) is 0 Å². The number of aromatic amines is 1. The summed E-state index contributed by atoms with van der Waals surface area (Å²) in [6, 6.07) is 26.8. The van der Waals surface area contributed by atoms with E-state index in [0.717, 1.165) is 37.3 Å². The minimum Gasteiger partial charge on any atom is -0.494 e. The fourth-order valence-corrected chi connectivity index (χ4v) is 5.40. The predicted molar refractivity (Wildman–Crippen MR) is 173 cm³/mol. The zero-order valence-electron chi connectivity index (χ0n) is 23.5. The summed E-state index contributed by atoms with van der Waals surface area (Å²) < 4.78 is 0. The average molecular weight is 592 g/mol. The lowest BCUT2D eigenvalue weighted by Crippen LogP contribution is -2.44. The van der Waals surface area contributed by atoms with Gasteiger partial charge >= 0.3 is 0 Å². The fraction of sp³-hybridized carbons (Fsp3) is 0.147. The van der Waals surface area contributed by atoms with Gasteiger partial charge in [0.15, 0.2) is 11.7 Å². The van der Waals surface area contributed by atoms with E-state index in [1.807, 2.05) is 12.1 Å². The van der Waals surface area contributed by atoms with Crippen LogP contribution < -0.4 is 10.2 Å². The number of carbonyl (C=O) groups excluding carboxylic acids is 2. The van der Waals surface area contributed by atoms with Gasteiger partial charge in [0, 0.05) is 65.8 Å². The van der Waals surface area contributed by atoms with E-state index < -0.39 is 0 Å². The van der Waals surface area contributed by atoms with E-state index in [0.29, 0.717) is 38.5 Å². The molecule has 0 unspecified atom stereocenters. The van der Waals surface area contributed by atoms with Crippen LogP contribution in [0.5, 0.6) is 5.88 Å². The van der Waals surface area contributed by atoms with Crippen LogP contribution in [0.1, 0.15) is 31.8 Å². The lowest BCUT2D eigenvalue weighted by Gasteiger charge is -2.34. The number of amides is 1. The zero-order valence-corrected chi connectivity index (χ0v) is 24.3. The van der Waals surface area contributed by atoms with Crippen molar-refractivity contribution in [1.82, 2.24) is 9.88 Å². The molecule has 9 heteroatoms. The van der Waals surface area contributed by atoms with Crippen molar-refractivity contribution in [2.24, 2.45) is 4.99 Å². The second kappa shape index (κ2) is 12.1. The number of likely N-dealkylation sites (N-methyl/N-ethyl adjacent to an activating group) is 1. The molecule has 4 aromatic carbocycles. The van der Waals surface area contributed by atoms with Crippen molar-refractivity contribution < 1.29 is 14.7 Å². The van der Waals surface area contributed by atoms with Crippen LogP contribution in [0.4, 0.5) is 17.1 Å². The third-order valence-corrected chi connectivity index (χ3v) is 7.97. The first-order valence-corrected chi connectivity index (χ1v) is 14.4. The third-order valence-electron chi connectivity index (χ3n) is 7.64. The van der Waals surface area contributed by atoms with Gasteiger partial charge < -0.3 is 25.2 Å². The number of aliphatic imine (C=N–C) groups is 1. The van der Waals surface area contributed by atoms with Crippen LogP contribution >= 0.6 is 11.6 Å². The molecule has 0 atom stereocenters. The summed E-state index contributed by atoms with van der Waals surface area (Å²) in [5.74, 6) is -0.610. The number of H-pyrrole nitrogens is 1. The molecule has 0 radical (unpaired) electrons. The molecule has 2 heterocycles. The Hall–Kier alpha value is -4.92. The number of nitrogens with one attached hydrogen (secondary N) is 2. The van der Waals surface area contributed by atoms with Crippen LogP contribution in [0.25, 0.3) is 10.9 Å². The van der Waals surface area contributed by atoms with Crippen molar-refractivity contribution in [1.29, 1.82) is 0 Å². The Bertz CT molecular complexity index is 1840. The number of aromatic hydroxyl groups is 1. The molecule has 5 aromatic rings. The van der Waals surface area contributed by atoms with Gasteiger partial charge in [-0.05, 0) is 61.6 Å². The van der Waals surface area contributed by atoms with Crippen LogP contribution in [0.2, 0.25) is 5.02 Å². The van der Waals surface area contributed by atoms with Crippen LogP contribution in [-0.4, -0.2) is 66.1 Å². The molecule has 43 heavy (non-hydrogen) atoms. The fourth-order valence-electron chi connectivity index (χ4n) is 5.18. The summed E-state index contributed by atoms with van der Waals surface area (Å²) in [6.07, 6.45) is 1.63. The molecule has 1 aliphatic heterocycles. The van der Waals surface area contributed by atoms with E-state index in [4.69, 9.17) is 11.6 Å². The number of piperazine rings is 1. The number of fused-ring (bicyclic) bond motifs is 1. The molecule has 6 rings (SSSR count). The molecule has 0 aliphatic carbocycles. The Labute approximate surface area is 254 Å². The van der Waals surface area contributed by atoms with Gasteiger partial charge in [0.2, 0.25) is 0 Å². The predicted octanol–water partition coefficient (Wildman–Crippen LogP) is 6.51. The van der Waals surface area contributed by atoms with Crippen LogP contribution in [0, 0.1) is 0 Å². The van der Waals surface area contributed by atoms with Gasteiger partial charge in [-0.15, -0.1) is 0 Å². The first kappa shape index (κ1) is 28.2. The van der Waals surface area contributed by atoms with Crippen molar-refractivity contribution in [2.45, 2.75) is 0 Å². The smallest absolute Gasteiger partial charge is 0.257 e. The lowest BCUT2D eigenvalue weighted by atomic mass is 10.0. The highest BCUT2D eigenvalue weighted by Gasteiger charge is 2.17. The molecule has 0 bridgehead atoms. The largest absolute Gasteiger partial charge is 0.494 e. The van der Waals surface area contributed by atoms with E-state index in [9.17, 15) is 14.7 Å². The molecular weight excluding hydrogens is 562 g/mol. The minimum absolute atomic E-state index is 0.0262. The van der Waals surface area contributed by atoms with E-state index in [1.54, 1.807) is 72.9 Å². The second-order valence-electron chi connectivity index (χ2n) is 10.6. The number of aromatic nitrogens is 1. The van der Waals surface area contributed by atoms with Crippen molar-refractivity contribution in [2.75, 3.05) is 43.4 Å². The zero-order chi connectivity index (χ0) is 29.9. The maximum atomic E-state index is 13.4.